The predicted molar refractivity (Wildman–Crippen MR) is 78.7 cm³/mol. The topological polar surface area (TPSA) is 57.4 Å². The summed E-state index contributed by atoms with van der Waals surface area (Å²) in [5.74, 6) is -0.321. The normalized spacial score (nSPS) is 18.9. The van der Waals surface area contributed by atoms with E-state index < -0.39 is 0 Å². The van der Waals surface area contributed by atoms with Gasteiger partial charge in [-0.1, -0.05) is 6.92 Å². The molecule has 0 aromatic carbocycles. The molecule has 1 aromatic heterocycles. The Morgan fingerprint density at radius 2 is 2.15 bits per heavy atom. The first-order chi connectivity index (χ1) is 9.52. The number of ether oxygens (including phenoxy) is 1. The highest BCUT2D eigenvalue weighted by atomic mass is 16.5. The van der Waals surface area contributed by atoms with Gasteiger partial charge in [0.1, 0.15) is 5.69 Å². The van der Waals surface area contributed by atoms with Crippen LogP contribution in [0.1, 0.15) is 35.9 Å². The smallest absolute Gasteiger partial charge is 0.354 e. The van der Waals surface area contributed by atoms with Crippen molar-refractivity contribution in [3.05, 3.63) is 23.5 Å². The van der Waals surface area contributed by atoms with Crippen LogP contribution in [-0.2, 0) is 11.3 Å². The number of hydrogen-bond acceptors (Lipinski definition) is 4. The number of methoxy groups -OCH3 is 1. The Kier molecular flexibility index (Phi) is 4.83. The third-order valence-electron chi connectivity index (χ3n) is 4.21. The van der Waals surface area contributed by atoms with Gasteiger partial charge in [0.25, 0.3) is 0 Å². The van der Waals surface area contributed by atoms with Gasteiger partial charge in [-0.25, -0.2) is 4.79 Å². The molecular formula is C15H25N3O2. The second-order valence-electron chi connectivity index (χ2n) is 6.11. The Balaban J connectivity index is 1.78. The minimum absolute atomic E-state index is 0.321. The van der Waals surface area contributed by atoms with Gasteiger partial charge in [0.15, 0.2) is 0 Å². The number of esters is 1. The number of nitrogens with one attached hydrogen (secondary N) is 2. The van der Waals surface area contributed by atoms with Gasteiger partial charge in [-0.05, 0) is 50.5 Å². The first-order valence-corrected chi connectivity index (χ1v) is 7.18. The van der Waals surface area contributed by atoms with Crippen LogP contribution >= 0.6 is 0 Å². The van der Waals surface area contributed by atoms with Crippen molar-refractivity contribution in [1.82, 2.24) is 15.2 Å². The van der Waals surface area contributed by atoms with Crippen molar-refractivity contribution in [2.75, 3.05) is 33.8 Å². The molecule has 1 aliphatic heterocycles. The number of likely N-dealkylation sites (tertiary alicyclic amines) is 1. The third kappa shape index (κ3) is 3.84. The highest BCUT2D eigenvalue weighted by molar-refractivity contribution is 5.87. The molecule has 0 spiro atoms. The summed E-state index contributed by atoms with van der Waals surface area (Å²) in [6.45, 7) is 6.46. The summed E-state index contributed by atoms with van der Waals surface area (Å²) in [5.41, 5.74) is 1.90. The van der Waals surface area contributed by atoms with Crippen molar-refractivity contribution in [1.29, 1.82) is 0 Å². The maximum atomic E-state index is 11.4. The molecule has 5 nitrogen and oxygen atoms in total. The Labute approximate surface area is 120 Å². The van der Waals surface area contributed by atoms with Crippen LogP contribution < -0.4 is 5.32 Å². The lowest BCUT2D eigenvalue weighted by Crippen LogP contribution is -2.41. The van der Waals surface area contributed by atoms with Crippen molar-refractivity contribution in [2.45, 2.75) is 26.3 Å². The van der Waals surface area contributed by atoms with Gasteiger partial charge in [0, 0.05) is 18.8 Å². The lowest BCUT2D eigenvalue weighted by Gasteiger charge is -2.38. The zero-order valence-electron chi connectivity index (χ0n) is 12.7. The van der Waals surface area contributed by atoms with Gasteiger partial charge in [0.2, 0.25) is 0 Å². The third-order valence-corrected chi connectivity index (χ3v) is 4.21. The average Bonchev–Trinajstić information content (AvgIpc) is 2.90. The number of nitrogens with zero attached hydrogens (tertiary/aromatic N) is 1. The number of aromatic nitrogens is 1. The maximum Gasteiger partial charge on any atom is 0.354 e. The maximum absolute atomic E-state index is 11.4. The van der Waals surface area contributed by atoms with Crippen LogP contribution in [-0.4, -0.2) is 49.6 Å². The summed E-state index contributed by atoms with van der Waals surface area (Å²) in [7, 11) is 3.57. The van der Waals surface area contributed by atoms with E-state index in [1.54, 1.807) is 6.07 Å². The van der Waals surface area contributed by atoms with Gasteiger partial charge in [-0.2, -0.15) is 0 Å². The van der Waals surface area contributed by atoms with Gasteiger partial charge in [0.05, 0.1) is 7.11 Å². The van der Waals surface area contributed by atoms with Crippen LogP contribution in [0.15, 0.2) is 12.1 Å². The number of H-pyrrole nitrogens is 1. The van der Waals surface area contributed by atoms with Gasteiger partial charge >= 0.3 is 5.97 Å². The van der Waals surface area contributed by atoms with Crippen molar-refractivity contribution in [3.8, 4) is 0 Å². The predicted octanol–water partition coefficient (Wildman–Crippen LogP) is 1.62. The highest BCUT2D eigenvalue weighted by Gasteiger charge is 2.28. The number of rotatable bonds is 5. The second-order valence-corrected chi connectivity index (χ2v) is 6.11. The number of aromatic amines is 1. The molecule has 2 rings (SSSR count). The molecule has 112 valence electrons. The number of carbonyl (C=O) groups excluding carboxylic acids is 1. The minimum Gasteiger partial charge on any atom is -0.464 e. The lowest BCUT2D eigenvalue weighted by atomic mass is 9.80. The Morgan fingerprint density at radius 1 is 1.45 bits per heavy atom. The van der Waals surface area contributed by atoms with Crippen LogP contribution in [0.3, 0.4) is 0 Å². The quantitative estimate of drug-likeness (QED) is 0.804. The Bertz CT molecular complexity index is 448. The molecule has 1 aromatic rings. The molecule has 0 aliphatic carbocycles. The van der Waals surface area contributed by atoms with Crippen LogP contribution in [0.25, 0.3) is 0 Å². The fraction of sp³-hybridized carbons (Fsp3) is 0.667. The molecule has 0 saturated carbocycles. The summed E-state index contributed by atoms with van der Waals surface area (Å²) in [6.07, 6.45) is 2.46. The summed E-state index contributed by atoms with van der Waals surface area (Å²) >= 11 is 0. The number of piperidine rings is 1. The SMILES string of the molecule is COC(=O)c1ccc(CNCC2(C)CCN(C)CC2)[nH]1. The largest absolute Gasteiger partial charge is 0.464 e. The second kappa shape index (κ2) is 6.41. The molecule has 1 fully saturated rings. The van der Waals surface area contributed by atoms with Crippen LogP contribution in [0.2, 0.25) is 0 Å². The van der Waals surface area contributed by atoms with E-state index in [0.29, 0.717) is 11.1 Å². The van der Waals surface area contributed by atoms with Crippen molar-refractivity contribution in [2.24, 2.45) is 5.41 Å². The van der Waals surface area contributed by atoms with E-state index in [0.717, 1.165) is 18.8 Å². The van der Waals surface area contributed by atoms with Crippen molar-refractivity contribution >= 4 is 5.97 Å². The van der Waals surface area contributed by atoms with Crippen LogP contribution in [0.5, 0.6) is 0 Å². The molecule has 5 heteroatoms. The Morgan fingerprint density at radius 3 is 2.80 bits per heavy atom. The molecule has 20 heavy (non-hydrogen) atoms. The molecule has 0 atom stereocenters. The number of hydrogen-bond donors (Lipinski definition) is 2. The van der Waals surface area contributed by atoms with E-state index in [2.05, 4.69) is 33.9 Å². The molecule has 0 bridgehead atoms. The molecule has 0 radical (unpaired) electrons. The summed E-state index contributed by atoms with van der Waals surface area (Å²) in [5, 5.41) is 3.50. The average molecular weight is 279 g/mol. The molecule has 0 amide bonds. The van der Waals surface area contributed by atoms with E-state index in [1.165, 1.54) is 33.0 Å². The van der Waals surface area contributed by atoms with Gasteiger partial charge in [-0.15, -0.1) is 0 Å². The summed E-state index contributed by atoms with van der Waals surface area (Å²) in [6, 6.07) is 3.69. The molecule has 0 unspecified atom stereocenters. The van der Waals surface area contributed by atoms with Crippen molar-refractivity contribution < 1.29 is 9.53 Å². The minimum atomic E-state index is -0.321. The molecule has 2 N–H and O–H groups in total. The monoisotopic (exact) mass is 279 g/mol. The van der Waals surface area contributed by atoms with Crippen molar-refractivity contribution in [3.63, 3.8) is 0 Å². The van der Waals surface area contributed by atoms with E-state index in [1.807, 2.05) is 6.07 Å². The first kappa shape index (κ1) is 15.1. The number of carbonyl (C=O) groups is 1. The van der Waals surface area contributed by atoms with Crippen LogP contribution in [0.4, 0.5) is 0 Å². The lowest BCUT2D eigenvalue weighted by molar-refractivity contribution is 0.0594. The zero-order valence-corrected chi connectivity index (χ0v) is 12.7. The van der Waals surface area contributed by atoms with E-state index in [-0.39, 0.29) is 5.97 Å². The van der Waals surface area contributed by atoms with E-state index in [9.17, 15) is 4.79 Å². The standard InChI is InChI=1S/C15H25N3O2/c1-15(6-8-18(2)9-7-15)11-16-10-12-4-5-13(17-12)14(19)20-3/h4-5,16-17H,6-11H2,1-3H3. The highest BCUT2D eigenvalue weighted by Crippen LogP contribution is 2.29. The molecular weight excluding hydrogens is 254 g/mol. The van der Waals surface area contributed by atoms with Crippen LogP contribution in [0, 0.1) is 5.41 Å². The van der Waals surface area contributed by atoms with Gasteiger partial charge < -0.3 is 19.9 Å². The Hall–Kier alpha value is -1.33. The summed E-state index contributed by atoms with van der Waals surface area (Å²) < 4.78 is 4.68. The zero-order chi connectivity index (χ0) is 14.6. The van der Waals surface area contributed by atoms with E-state index >= 15 is 0 Å². The first-order valence-electron chi connectivity index (χ1n) is 7.18. The fourth-order valence-corrected chi connectivity index (χ4v) is 2.61. The molecule has 1 aliphatic rings. The van der Waals surface area contributed by atoms with Gasteiger partial charge in [-0.3, -0.25) is 0 Å². The molecule has 1 saturated heterocycles. The molecule has 2 heterocycles. The summed E-state index contributed by atoms with van der Waals surface area (Å²) in [4.78, 5) is 16.8. The fourth-order valence-electron chi connectivity index (χ4n) is 2.61. The van der Waals surface area contributed by atoms with E-state index in [4.69, 9.17) is 0 Å².